The van der Waals surface area contributed by atoms with E-state index in [1.54, 1.807) is 0 Å². The maximum Gasteiger partial charge on any atom is 0.0517 e. The molecule has 4 heteroatoms. The van der Waals surface area contributed by atoms with Crippen molar-refractivity contribution in [1.29, 1.82) is 0 Å². The van der Waals surface area contributed by atoms with Crippen molar-refractivity contribution in [2.24, 2.45) is 5.92 Å². The molecule has 2 N–H and O–H groups in total. The highest BCUT2D eigenvalue weighted by atomic mass is 79.9. The lowest BCUT2D eigenvalue weighted by atomic mass is 10.2. The zero-order valence-electron chi connectivity index (χ0n) is 9.70. The highest BCUT2D eigenvalue weighted by molar-refractivity contribution is 9.10. The van der Waals surface area contributed by atoms with Crippen LogP contribution in [0.1, 0.15) is 25.8 Å². The molecule has 1 aromatic rings. The zero-order chi connectivity index (χ0) is 12.1. The third-order valence-electron chi connectivity index (χ3n) is 2.38. The molecular weight excluding hydrogens is 286 g/mol. The van der Waals surface area contributed by atoms with Crippen LogP contribution in [-0.4, -0.2) is 9.96 Å². The fourth-order valence-electron chi connectivity index (χ4n) is 1.33. The largest absolute Gasteiger partial charge is 0.398 e. The Morgan fingerprint density at radius 2 is 2.12 bits per heavy atom. The number of halogens is 1. The van der Waals surface area contributed by atoms with E-state index in [0.717, 1.165) is 22.2 Å². The molecule has 1 unspecified atom stereocenters. The smallest absolute Gasteiger partial charge is 0.0517 e. The second kappa shape index (κ2) is 6.40. The summed E-state index contributed by atoms with van der Waals surface area (Å²) in [4.78, 5) is 0. The van der Waals surface area contributed by atoms with Gasteiger partial charge in [0.25, 0.3) is 0 Å². The van der Waals surface area contributed by atoms with Crippen molar-refractivity contribution in [3.63, 3.8) is 0 Å². The number of anilines is 1. The Balaban J connectivity index is 2.63. The number of nitrogens with two attached hydrogens (primary N) is 1. The Labute approximate surface area is 108 Å². The van der Waals surface area contributed by atoms with Gasteiger partial charge in [0.15, 0.2) is 0 Å². The number of hydrogen-bond donors (Lipinski definition) is 1. The summed E-state index contributed by atoms with van der Waals surface area (Å²) in [6.45, 7) is 4.29. The van der Waals surface area contributed by atoms with Gasteiger partial charge in [-0.1, -0.05) is 35.8 Å². The van der Waals surface area contributed by atoms with Crippen molar-refractivity contribution in [1.82, 2.24) is 0 Å². The first-order valence-corrected chi connectivity index (χ1v) is 7.66. The van der Waals surface area contributed by atoms with Crippen LogP contribution in [0.3, 0.4) is 0 Å². The summed E-state index contributed by atoms with van der Waals surface area (Å²) in [6.07, 6.45) is 0.997. The van der Waals surface area contributed by atoms with Crippen molar-refractivity contribution in [2.45, 2.75) is 26.0 Å². The van der Waals surface area contributed by atoms with Gasteiger partial charge in [0.1, 0.15) is 0 Å². The predicted molar refractivity (Wildman–Crippen MR) is 74.7 cm³/mol. The van der Waals surface area contributed by atoms with Gasteiger partial charge >= 0.3 is 0 Å². The van der Waals surface area contributed by atoms with Crippen molar-refractivity contribution in [3.8, 4) is 0 Å². The molecule has 0 saturated carbocycles. The third-order valence-corrected chi connectivity index (χ3v) is 4.43. The zero-order valence-corrected chi connectivity index (χ0v) is 12.1. The Morgan fingerprint density at radius 3 is 2.69 bits per heavy atom. The molecule has 1 rings (SSSR count). The lowest BCUT2D eigenvalue weighted by Crippen LogP contribution is -2.06. The molecule has 90 valence electrons. The van der Waals surface area contributed by atoms with E-state index in [-0.39, 0.29) is 0 Å². The summed E-state index contributed by atoms with van der Waals surface area (Å²) < 4.78 is 12.8. The first-order chi connectivity index (χ1) is 7.50. The lowest BCUT2D eigenvalue weighted by Gasteiger charge is -2.09. The van der Waals surface area contributed by atoms with Gasteiger partial charge < -0.3 is 5.73 Å². The van der Waals surface area contributed by atoms with E-state index in [9.17, 15) is 4.21 Å². The molecule has 0 aliphatic heterocycles. The topological polar surface area (TPSA) is 43.1 Å². The highest BCUT2D eigenvalue weighted by Gasteiger charge is 2.09. The van der Waals surface area contributed by atoms with Crippen LogP contribution in [0.5, 0.6) is 0 Å². The van der Waals surface area contributed by atoms with Gasteiger partial charge in [-0.05, 0) is 24.5 Å². The summed E-state index contributed by atoms with van der Waals surface area (Å²) >= 11 is 3.44. The average molecular weight is 304 g/mol. The molecule has 0 radical (unpaired) electrons. The van der Waals surface area contributed by atoms with E-state index in [4.69, 9.17) is 5.73 Å². The Kier molecular flexibility index (Phi) is 5.49. The van der Waals surface area contributed by atoms with Crippen molar-refractivity contribution in [3.05, 3.63) is 28.2 Å². The molecular formula is C12H18BrNOS. The van der Waals surface area contributed by atoms with Crippen LogP contribution < -0.4 is 5.73 Å². The fraction of sp³-hybridized carbons (Fsp3) is 0.500. The van der Waals surface area contributed by atoms with E-state index < -0.39 is 10.8 Å². The minimum absolute atomic E-state index is 0.542. The minimum atomic E-state index is -0.822. The van der Waals surface area contributed by atoms with E-state index in [1.165, 1.54) is 0 Å². The van der Waals surface area contributed by atoms with Crippen LogP contribution in [0, 0.1) is 5.92 Å². The molecule has 2 nitrogen and oxygen atoms in total. The van der Waals surface area contributed by atoms with Crippen molar-refractivity contribution >= 4 is 32.4 Å². The van der Waals surface area contributed by atoms with E-state index in [1.807, 2.05) is 18.2 Å². The van der Waals surface area contributed by atoms with Gasteiger partial charge in [-0.25, -0.2) is 0 Å². The quantitative estimate of drug-likeness (QED) is 0.848. The summed E-state index contributed by atoms with van der Waals surface area (Å²) in [7, 11) is -0.822. The van der Waals surface area contributed by atoms with Gasteiger partial charge in [-0.2, -0.15) is 0 Å². The van der Waals surface area contributed by atoms with Crippen LogP contribution in [0.15, 0.2) is 22.7 Å². The summed E-state index contributed by atoms with van der Waals surface area (Å²) in [5.74, 6) is 1.89. The predicted octanol–water partition coefficient (Wildman–Crippen LogP) is 3.33. The van der Waals surface area contributed by atoms with Crippen molar-refractivity contribution < 1.29 is 4.21 Å². The Bertz CT molecular complexity index is 359. The van der Waals surface area contributed by atoms with E-state index in [0.29, 0.717) is 17.4 Å². The van der Waals surface area contributed by atoms with Gasteiger partial charge in [-0.15, -0.1) is 0 Å². The Morgan fingerprint density at radius 1 is 1.44 bits per heavy atom. The van der Waals surface area contributed by atoms with Crippen LogP contribution >= 0.6 is 15.9 Å². The van der Waals surface area contributed by atoms with Gasteiger partial charge in [0.05, 0.1) is 5.75 Å². The molecule has 0 bridgehead atoms. The maximum atomic E-state index is 11.9. The first-order valence-electron chi connectivity index (χ1n) is 5.38. The molecule has 0 spiro atoms. The number of nitrogen functional groups attached to an aromatic ring is 1. The lowest BCUT2D eigenvalue weighted by molar-refractivity contribution is 0.619. The normalized spacial score (nSPS) is 13.0. The molecule has 0 heterocycles. The Hall–Kier alpha value is -0.350. The summed E-state index contributed by atoms with van der Waals surface area (Å²) in [6, 6.07) is 5.67. The summed E-state index contributed by atoms with van der Waals surface area (Å²) in [5.41, 5.74) is 7.54. The minimum Gasteiger partial charge on any atom is -0.398 e. The number of benzene rings is 1. The van der Waals surface area contributed by atoms with E-state index >= 15 is 0 Å². The SMILES string of the molecule is CC(C)CCS(=O)Cc1c(N)cccc1Br. The molecule has 0 aliphatic rings. The monoisotopic (exact) mass is 303 g/mol. The molecule has 1 aromatic carbocycles. The average Bonchev–Trinajstić information content (AvgIpc) is 2.21. The maximum absolute atomic E-state index is 11.9. The summed E-state index contributed by atoms with van der Waals surface area (Å²) in [5, 5.41) is 0. The molecule has 16 heavy (non-hydrogen) atoms. The third kappa shape index (κ3) is 4.26. The number of hydrogen-bond acceptors (Lipinski definition) is 2. The molecule has 0 aromatic heterocycles. The van der Waals surface area contributed by atoms with Gasteiger partial charge in [0.2, 0.25) is 0 Å². The second-order valence-electron chi connectivity index (χ2n) is 4.28. The fourth-order valence-corrected chi connectivity index (χ4v) is 3.56. The van der Waals surface area contributed by atoms with Crippen molar-refractivity contribution in [2.75, 3.05) is 11.5 Å². The molecule has 0 fully saturated rings. The second-order valence-corrected chi connectivity index (χ2v) is 6.71. The standard InChI is InChI=1S/C12H18BrNOS/c1-9(2)6-7-16(15)8-10-11(13)4-3-5-12(10)14/h3-5,9H,6-8,14H2,1-2H3. The first kappa shape index (κ1) is 13.7. The van der Waals surface area contributed by atoms with Crippen LogP contribution in [0.25, 0.3) is 0 Å². The molecule has 0 aliphatic carbocycles. The highest BCUT2D eigenvalue weighted by Crippen LogP contribution is 2.24. The molecule has 0 saturated heterocycles. The van der Waals surface area contributed by atoms with E-state index in [2.05, 4.69) is 29.8 Å². The van der Waals surface area contributed by atoms with Crippen LogP contribution in [-0.2, 0) is 16.6 Å². The van der Waals surface area contributed by atoms with Crippen LogP contribution in [0.4, 0.5) is 5.69 Å². The molecule has 1 atom stereocenters. The van der Waals surface area contributed by atoms with Gasteiger partial charge in [0, 0.05) is 32.3 Å². The van der Waals surface area contributed by atoms with Gasteiger partial charge in [-0.3, -0.25) is 4.21 Å². The number of rotatable bonds is 5. The molecule has 0 amide bonds. The van der Waals surface area contributed by atoms with Crippen LogP contribution in [0.2, 0.25) is 0 Å².